The Bertz CT molecular complexity index is 1740. The van der Waals surface area contributed by atoms with Crippen LogP contribution in [0.4, 0.5) is 10.1 Å². The molecule has 5 heterocycles. The van der Waals surface area contributed by atoms with Gasteiger partial charge in [0.15, 0.2) is 0 Å². The lowest BCUT2D eigenvalue weighted by Crippen LogP contribution is -2.18. The van der Waals surface area contributed by atoms with E-state index in [1.807, 2.05) is 24.3 Å². The Balaban J connectivity index is 1.37. The van der Waals surface area contributed by atoms with Crippen LogP contribution in [0.15, 0.2) is 73.4 Å². The van der Waals surface area contributed by atoms with E-state index >= 15 is 0 Å². The molecule has 190 valence electrons. The number of unbranched alkanes of at least 4 members (excludes halogenated alkanes) is 1. The van der Waals surface area contributed by atoms with Crippen LogP contribution in [0.1, 0.15) is 26.2 Å². The number of halogens is 1. The van der Waals surface area contributed by atoms with Crippen molar-refractivity contribution in [3.05, 3.63) is 79.3 Å². The first-order chi connectivity index (χ1) is 18.6. The van der Waals surface area contributed by atoms with Gasteiger partial charge in [-0.1, -0.05) is 31.5 Å². The largest absolute Gasteiger partial charge is 0.374 e. The standard InChI is InChI=1S/C29H26FN7O/c1-2-3-8-28(38)34-18-9-17(12-31-13-18)24-11-21-27(16-33-24)36-37-29(21)25-10-20-22(14-32-15-26(20)35-25)19-6-4-5-7-23(19)30/h4-7,9-16,28,34-35,38H,2-3,8H2,1H3,(H,36,37). The van der Waals surface area contributed by atoms with Gasteiger partial charge in [-0.15, -0.1) is 0 Å². The SMILES string of the molecule is CCCCC(O)Nc1cncc(-c2cc3c(-c4cc5c(-c6ccccc6F)cncc5[nH]4)n[nH]c3cn2)c1. The van der Waals surface area contributed by atoms with Crippen molar-refractivity contribution in [1.82, 2.24) is 30.1 Å². The van der Waals surface area contributed by atoms with E-state index in [4.69, 9.17) is 0 Å². The number of aromatic nitrogens is 6. The van der Waals surface area contributed by atoms with Crippen molar-refractivity contribution >= 4 is 27.5 Å². The Morgan fingerprint density at radius 1 is 0.947 bits per heavy atom. The lowest BCUT2D eigenvalue weighted by atomic mass is 10.0. The Labute approximate surface area is 218 Å². The number of aromatic amines is 2. The van der Waals surface area contributed by atoms with Gasteiger partial charge in [0.05, 0.1) is 46.7 Å². The molecule has 0 aliphatic carbocycles. The first-order valence-electron chi connectivity index (χ1n) is 12.6. The van der Waals surface area contributed by atoms with Gasteiger partial charge in [-0.2, -0.15) is 5.10 Å². The maximum atomic E-state index is 14.6. The summed E-state index contributed by atoms with van der Waals surface area (Å²) < 4.78 is 14.6. The second kappa shape index (κ2) is 10.0. The van der Waals surface area contributed by atoms with Crippen LogP contribution in [0, 0.1) is 5.82 Å². The summed E-state index contributed by atoms with van der Waals surface area (Å²) >= 11 is 0. The van der Waals surface area contributed by atoms with Crippen molar-refractivity contribution in [2.75, 3.05) is 5.32 Å². The van der Waals surface area contributed by atoms with Crippen molar-refractivity contribution in [3.63, 3.8) is 0 Å². The van der Waals surface area contributed by atoms with Crippen LogP contribution in [0.25, 0.3) is 55.6 Å². The summed E-state index contributed by atoms with van der Waals surface area (Å²) in [5.74, 6) is -0.298. The summed E-state index contributed by atoms with van der Waals surface area (Å²) in [6.07, 6.45) is 10.6. The van der Waals surface area contributed by atoms with Gasteiger partial charge in [-0.25, -0.2) is 4.39 Å². The van der Waals surface area contributed by atoms with Crippen molar-refractivity contribution in [3.8, 4) is 33.8 Å². The van der Waals surface area contributed by atoms with Crippen LogP contribution >= 0.6 is 0 Å². The smallest absolute Gasteiger partial charge is 0.131 e. The second-order valence-electron chi connectivity index (χ2n) is 9.26. The lowest BCUT2D eigenvalue weighted by Gasteiger charge is -2.14. The number of fused-ring (bicyclic) bond motifs is 2. The highest BCUT2D eigenvalue weighted by molar-refractivity contribution is 6.01. The number of H-pyrrole nitrogens is 2. The van der Waals surface area contributed by atoms with Gasteiger partial charge in [0.25, 0.3) is 0 Å². The fourth-order valence-electron chi connectivity index (χ4n) is 4.67. The maximum absolute atomic E-state index is 14.6. The molecule has 4 N–H and O–H groups in total. The van der Waals surface area contributed by atoms with Gasteiger partial charge in [-0.05, 0) is 37.1 Å². The van der Waals surface area contributed by atoms with Crippen LogP contribution in [0.5, 0.6) is 0 Å². The van der Waals surface area contributed by atoms with Gasteiger partial charge >= 0.3 is 0 Å². The number of nitrogens with zero attached hydrogens (tertiary/aromatic N) is 4. The van der Waals surface area contributed by atoms with Gasteiger partial charge in [0.1, 0.15) is 17.7 Å². The lowest BCUT2D eigenvalue weighted by molar-refractivity contribution is 0.190. The van der Waals surface area contributed by atoms with Crippen LogP contribution < -0.4 is 5.32 Å². The molecule has 1 atom stereocenters. The summed E-state index contributed by atoms with van der Waals surface area (Å²) in [6.45, 7) is 2.09. The van der Waals surface area contributed by atoms with Gasteiger partial charge in [0.2, 0.25) is 0 Å². The third-order valence-electron chi connectivity index (χ3n) is 6.61. The first-order valence-corrected chi connectivity index (χ1v) is 12.6. The number of aliphatic hydroxyl groups excluding tert-OH is 1. The van der Waals surface area contributed by atoms with Gasteiger partial charge in [0, 0.05) is 39.9 Å². The van der Waals surface area contributed by atoms with Crippen LogP contribution in [-0.4, -0.2) is 41.5 Å². The summed E-state index contributed by atoms with van der Waals surface area (Å²) in [4.78, 5) is 16.6. The molecule has 0 saturated carbocycles. The molecule has 8 nitrogen and oxygen atoms in total. The predicted octanol–water partition coefficient (Wildman–Crippen LogP) is 6.29. The average molecular weight is 508 g/mol. The highest BCUT2D eigenvalue weighted by Gasteiger charge is 2.16. The number of nitrogens with one attached hydrogen (secondary N) is 3. The first kappa shape index (κ1) is 23.7. The minimum absolute atomic E-state index is 0.298. The quantitative estimate of drug-likeness (QED) is 0.180. The molecular formula is C29H26FN7O. The zero-order valence-electron chi connectivity index (χ0n) is 20.7. The normalized spacial score (nSPS) is 12.3. The molecule has 0 aliphatic rings. The highest BCUT2D eigenvalue weighted by atomic mass is 19.1. The van der Waals surface area contributed by atoms with E-state index in [-0.39, 0.29) is 5.82 Å². The van der Waals surface area contributed by atoms with E-state index in [0.29, 0.717) is 17.5 Å². The topological polar surface area (TPSA) is 115 Å². The van der Waals surface area contributed by atoms with Crippen LogP contribution in [0.2, 0.25) is 0 Å². The molecule has 0 bridgehead atoms. The molecule has 0 saturated heterocycles. The highest BCUT2D eigenvalue weighted by Crippen LogP contribution is 2.35. The number of aliphatic hydroxyl groups is 1. The molecule has 0 fully saturated rings. The third-order valence-corrected chi connectivity index (χ3v) is 6.61. The van der Waals surface area contributed by atoms with Crippen molar-refractivity contribution < 1.29 is 9.50 Å². The summed E-state index contributed by atoms with van der Waals surface area (Å²) in [6, 6.07) is 12.5. The molecule has 0 radical (unpaired) electrons. The van der Waals surface area contributed by atoms with Gasteiger partial charge in [-0.3, -0.25) is 20.1 Å². The fourth-order valence-corrected chi connectivity index (χ4v) is 4.67. The number of pyridine rings is 3. The molecule has 6 aromatic rings. The Hall–Kier alpha value is -4.63. The van der Waals surface area contributed by atoms with Crippen LogP contribution in [0.3, 0.4) is 0 Å². The zero-order valence-corrected chi connectivity index (χ0v) is 20.7. The monoisotopic (exact) mass is 507 g/mol. The number of hydrogen-bond donors (Lipinski definition) is 4. The van der Waals surface area contributed by atoms with Crippen molar-refractivity contribution in [1.29, 1.82) is 0 Å². The molecule has 0 aliphatic heterocycles. The number of hydrogen-bond acceptors (Lipinski definition) is 6. The Morgan fingerprint density at radius 2 is 1.82 bits per heavy atom. The zero-order chi connectivity index (χ0) is 26.1. The van der Waals surface area contributed by atoms with Gasteiger partial charge < -0.3 is 15.4 Å². The third kappa shape index (κ3) is 4.48. The molecule has 6 rings (SSSR count). The van der Waals surface area contributed by atoms with E-state index in [0.717, 1.165) is 63.0 Å². The number of anilines is 1. The molecule has 0 spiro atoms. The Kier molecular flexibility index (Phi) is 6.27. The number of benzene rings is 1. The second-order valence-corrected chi connectivity index (χ2v) is 9.26. The number of rotatable bonds is 8. The fraction of sp³-hybridized carbons (Fsp3) is 0.172. The summed E-state index contributed by atoms with van der Waals surface area (Å²) in [7, 11) is 0. The molecule has 1 unspecified atom stereocenters. The van der Waals surface area contributed by atoms with Crippen LogP contribution in [-0.2, 0) is 0 Å². The molecular weight excluding hydrogens is 481 g/mol. The van der Waals surface area contributed by atoms with E-state index in [9.17, 15) is 9.50 Å². The predicted molar refractivity (Wildman–Crippen MR) is 147 cm³/mol. The molecule has 38 heavy (non-hydrogen) atoms. The van der Waals surface area contributed by atoms with E-state index in [1.165, 1.54) is 6.07 Å². The molecule has 5 aromatic heterocycles. The van der Waals surface area contributed by atoms with Crippen molar-refractivity contribution in [2.24, 2.45) is 0 Å². The molecule has 0 amide bonds. The van der Waals surface area contributed by atoms with Crippen molar-refractivity contribution in [2.45, 2.75) is 32.4 Å². The average Bonchev–Trinajstić information content (AvgIpc) is 3.56. The molecule has 9 heteroatoms. The molecule has 1 aromatic carbocycles. The Morgan fingerprint density at radius 3 is 2.68 bits per heavy atom. The van der Waals surface area contributed by atoms with E-state index < -0.39 is 6.23 Å². The minimum Gasteiger partial charge on any atom is -0.374 e. The summed E-state index contributed by atoms with van der Waals surface area (Å²) in [5.41, 5.74) is 6.54. The van der Waals surface area contributed by atoms with E-state index in [2.05, 4.69) is 42.4 Å². The maximum Gasteiger partial charge on any atom is 0.131 e. The minimum atomic E-state index is -0.631. The van der Waals surface area contributed by atoms with E-state index in [1.54, 1.807) is 43.1 Å². The summed E-state index contributed by atoms with van der Waals surface area (Å²) in [5, 5.41) is 22.7.